The summed E-state index contributed by atoms with van der Waals surface area (Å²) in [6.45, 7) is 13.9. The SMILES string of the molecule is C=C[C@@H]1C[C@]1(NC(=O)[C@@H]1C[C@@H](Oc2cc(-c3csc(NCC)n3)nc3c(C)c(OC)ccc23)CN1C(=O)[C@@H](NC(=O)NC1CCCC1)C(C)(C)C)C(=O)O. The number of amides is 4. The number of hydrogen-bond donors (Lipinski definition) is 5. The Balaban J connectivity index is 1.34. The van der Waals surface area contributed by atoms with E-state index in [0.29, 0.717) is 40.3 Å². The first-order valence-electron chi connectivity index (χ1n) is 18.6. The van der Waals surface area contributed by atoms with Gasteiger partial charge in [0, 0.05) is 47.3 Å². The molecule has 54 heavy (non-hydrogen) atoms. The monoisotopic (exact) mass is 761 g/mol. The number of nitrogens with zero attached hydrogens (tertiary/aromatic N) is 3. The highest BCUT2D eigenvalue weighted by Gasteiger charge is 2.61. The van der Waals surface area contributed by atoms with E-state index in [1.54, 1.807) is 7.11 Å². The summed E-state index contributed by atoms with van der Waals surface area (Å²) in [5, 5.41) is 25.4. The fourth-order valence-corrected chi connectivity index (χ4v) is 8.34. The zero-order valence-electron chi connectivity index (χ0n) is 31.8. The van der Waals surface area contributed by atoms with Crippen LogP contribution in [0.25, 0.3) is 22.3 Å². The van der Waals surface area contributed by atoms with Crippen molar-refractivity contribution in [3.63, 3.8) is 0 Å². The van der Waals surface area contributed by atoms with Crippen LogP contribution in [-0.2, 0) is 14.4 Å². The van der Waals surface area contributed by atoms with Crippen LogP contribution in [0, 0.1) is 18.3 Å². The van der Waals surface area contributed by atoms with Crippen molar-refractivity contribution in [1.82, 2.24) is 30.8 Å². The van der Waals surface area contributed by atoms with Crippen molar-refractivity contribution in [1.29, 1.82) is 0 Å². The Labute approximate surface area is 319 Å². The summed E-state index contributed by atoms with van der Waals surface area (Å²) in [6.07, 6.45) is 4.94. The van der Waals surface area contributed by atoms with Crippen molar-refractivity contribution in [3.05, 3.63) is 41.8 Å². The minimum atomic E-state index is -1.50. The van der Waals surface area contributed by atoms with E-state index in [1.165, 1.54) is 22.3 Å². The van der Waals surface area contributed by atoms with Gasteiger partial charge < -0.3 is 40.7 Å². The number of ether oxygens (including phenoxy) is 2. The molecule has 6 rings (SSSR count). The standard InChI is InChI=1S/C39H51N7O7S/c1-8-22-18-39(22,35(49)50)45-33(47)28-16-24(19-46(28)34(48)32(38(4,5)6)44-36(51)41-23-12-10-11-13-23)53-30-17-26(27-20-54-37(43-27)40-9-2)42-31-21(3)29(52-7)15-14-25(30)31/h8,14-15,17,20,22-24,28,32H,1,9-13,16,18-19H2,2-7H3,(H,40,43)(H,45,47)(H,49,50)(H2,41,44,51)/t22-,24-,28+,32-,39-/m1/s1. The fourth-order valence-electron chi connectivity index (χ4n) is 7.57. The van der Waals surface area contributed by atoms with Crippen molar-refractivity contribution in [2.24, 2.45) is 11.3 Å². The maximum Gasteiger partial charge on any atom is 0.330 e. The average Bonchev–Trinajstić information content (AvgIpc) is 3.54. The molecule has 290 valence electrons. The van der Waals surface area contributed by atoms with E-state index < -0.39 is 58.9 Å². The number of nitrogens with one attached hydrogen (secondary N) is 4. The van der Waals surface area contributed by atoms with Crippen LogP contribution in [0.1, 0.15) is 71.8 Å². The third-order valence-electron chi connectivity index (χ3n) is 10.7. The first-order valence-corrected chi connectivity index (χ1v) is 19.5. The van der Waals surface area contributed by atoms with Crippen LogP contribution in [0.2, 0.25) is 0 Å². The number of rotatable bonds is 13. The third-order valence-corrected chi connectivity index (χ3v) is 11.5. The summed E-state index contributed by atoms with van der Waals surface area (Å²) in [7, 11) is 1.60. The predicted molar refractivity (Wildman–Crippen MR) is 207 cm³/mol. The molecule has 14 nitrogen and oxygen atoms in total. The second-order valence-corrected chi connectivity index (χ2v) is 16.4. The van der Waals surface area contributed by atoms with Gasteiger partial charge in [-0.1, -0.05) is 39.7 Å². The number of urea groups is 1. The lowest BCUT2D eigenvalue weighted by atomic mass is 9.85. The maximum atomic E-state index is 14.6. The third kappa shape index (κ3) is 7.82. The molecular weight excluding hydrogens is 711 g/mol. The quantitative estimate of drug-likeness (QED) is 0.144. The fraction of sp³-hybridized carbons (Fsp3) is 0.538. The molecule has 5 atom stereocenters. The molecule has 4 amide bonds. The molecule has 1 saturated heterocycles. The minimum absolute atomic E-state index is 0.00986. The number of carbonyl (C=O) groups excluding carboxylic acids is 3. The van der Waals surface area contributed by atoms with Gasteiger partial charge in [-0.3, -0.25) is 9.59 Å². The number of likely N-dealkylation sites (tertiary alicyclic amines) is 1. The lowest BCUT2D eigenvalue weighted by Crippen LogP contribution is -2.60. The highest BCUT2D eigenvalue weighted by atomic mass is 32.1. The highest BCUT2D eigenvalue weighted by molar-refractivity contribution is 7.14. The molecule has 1 aliphatic heterocycles. The highest BCUT2D eigenvalue weighted by Crippen LogP contribution is 2.45. The number of thiazole rings is 1. The van der Waals surface area contributed by atoms with Crippen LogP contribution in [0.3, 0.4) is 0 Å². The van der Waals surface area contributed by atoms with Gasteiger partial charge in [0.25, 0.3) is 0 Å². The van der Waals surface area contributed by atoms with E-state index in [-0.39, 0.29) is 25.4 Å². The number of aryl methyl sites for hydroxylation is 1. The van der Waals surface area contributed by atoms with Crippen LogP contribution in [0.15, 0.2) is 36.2 Å². The van der Waals surface area contributed by atoms with Gasteiger partial charge in [-0.2, -0.15) is 0 Å². The molecule has 5 N–H and O–H groups in total. The van der Waals surface area contributed by atoms with Crippen LogP contribution in [0.5, 0.6) is 11.5 Å². The van der Waals surface area contributed by atoms with Gasteiger partial charge in [0.05, 0.1) is 24.9 Å². The maximum absolute atomic E-state index is 14.6. The predicted octanol–water partition coefficient (Wildman–Crippen LogP) is 5.26. The molecule has 15 heteroatoms. The van der Waals surface area contributed by atoms with Crippen molar-refractivity contribution in [3.8, 4) is 22.9 Å². The Morgan fingerprint density at radius 3 is 2.52 bits per heavy atom. The molecule has 3 fully saturated rings. The van der Waals surface area contributed by atoms with E-state index in [1.807, 2.05) is 58.2 Å². The number of aliphatic carboxylic acids is 1. The molecule has 0 bridgehead atoms. The number of aromatic nitrogens is 2. The van der Waals surface area contributed by atoms with Crippen molar-refractivity contribution in [2.75, 3.05) is 25.5 Å². The van der Waals surface area contributed by atoms with Crippen molar-refractivity contribution >= 4 is 51.2 Å². The lowest BCUT2D eigenvalue weighted by molar-refractivity contribution is -0.146. The zero-order chi connectivity index (χ0) is 38.9. The van der Waals surface area contributed by atoms with Crippen LogP contribution in [0.4, 0.5) is 9.93 Å². The van der Waals surface area contributed by atoms with Crippen LogP contribution >= 0.6 is 11.3 Å². The molecule has 2 aliphatic carbocycles. The number of carboxylic acids is 1. The van der Waals surface area contributed by atoms with Crippen molar-refractivity contribution < 1.29 is 33.8 Å². The van der Waals surface area contributed by atoms with E-state index in [9.17, 15) is 24.3 Å². The summed E-state index contributed by atoms with van der Waals surface area (Å²) >= 11 is 1.46. The number of carboxylic acid groups (broad SMARTS) is 1. The van der Waals surface area contributed by atoms with Crippen LogP contribution in [-0.4, -0.2) is 93.8 Å². The Morgan fingerprint density at radius 1 is 1.15 bits per heavy atom. The van der Waals surface area contributed by atoms with E-state index in [4.69, 9.17) is 19.4 Å². The summed E-state index contributed by atoms with van der Waals surface area (Å²) in [5.41, 5.74) is 0.453. The van der Waals surface area contributed by atoms with Gasteiger partial charge in [0.2, 0.25) is 11.8 Å². The first kappa shape index (κ1) is 38.8. The number of benzene rings is 1. The Bertz CT molecular complexity index is 1940. The molecule has 3 aromatic rings. The molecule has 1 aromatic carbocycles. The lowest BCUT2D eigenvalue weighted by Gasteiger charge is -2.35. The first-order chi connectivity index (χ1) is 25.7. The second kappa shape index (κ2) is 15.4. The zero-order valence-corrected chi connectivity index (χ0v) is 32.6. The van der Waals surface area contributed by atoms with Gasteiger partial charge in [-0.05, 0) is 50.7 Å². The van der Waals surface area contributed by atoms with Gasteiger partial charge >= 0.3 is 12.0 Å². The molecule has 2 aromatic heterocycles. The van der Waals surface area contributed by atoms with E-state index >= 15 is 0 Å². The number of anilines is 1. The topological polar surface area (TPSA) is 184 Å². The molecule has 2 saturated carbocycles. The summed E-state index contributed by atoms with van der Waals surface area (Å²) < 4.78 is 12.3. The number of pyridine rings is 1. The summed E-state index contributed by atoms with van der Waals surface area (Å²) in [5.74, 6) is -1.54. The number of methoxy groups -OCH3 is 1. The van der Waals surface area contributed by atoms with Gasteiger partial charge in [-0.15, -0.1) is 17.9 Å². The van der Waals surface area contributed by atoms with E-state index in [0.717, 1.165) is 36.4 Å². The molecule has 0 radical (unpaired) electrons. The Morgan fingerprint density at radius 2 is 1.89 bits per heavy atom. The molecule has 3 aliphatic rings. The number of hydrogen-bond acceptors (Lipinski definition) is 10. The smallest absolute Gasteiger partial charge is 0.330 e. The largest absolute Gasteiger partial charge is 0.496 e. The van der Waals surface area contributed by atoms with Crippen molar-refractivity contribution in [2.45, 2.75) is 103 Å². The molecular formula is C39H51N7O7S. The second-order valence-electron chi connectivity index (χ2n) is 15.6. The minimum Gasteiger partial charge on any atom is -0.496 e. The number of carbonyl (C=O) groups is 4. The Hall–Kier alpha value is -4.92. The van der Waals surface area contributed by atoms with Gasteiger partial charge in [0.1, 0.15) is 40.9 Å². The van der Waals surface area contributed by atoms with E-state index in [2.05, 4.69) is 27.8 Å². The van der Waals surface area contributed by atoms with Crippen LogP contribution < -0.4 is 30.7 Å². The van der Waals surface area contributed by atoms with Gasteiger partial charge in [0.15, 0.2) is 5.13 Å². The normalized spacial score (nSPS) is 23.1. The average molecular weight is 762 g/mol. The molecule has 0 spiro atoms. The number of fused-ring (bicyclic) bond motifs is 1. The summed E-state index contributed by atoms with van der Waals surface area (Å²) in [6, 6.07) is 3.03. The van der Waals surface area contributed by atoms with Gasteiger partial charge in [-0.25, -0.2) is 19.6 Å². The molecule has 0 unspecified atom stereocenters. The summed E-state index contributed by atoms with van der Waals surface area (Å²) in [4.78, 5) is 65.4. The Kier molecular flexibility index (Phi) is 11.1. The molecule has 3 heterocycles.